The van der Waals surface area contributed by atoms with Crippen LogP contribution in [0.4, 0.5) is 0 Å². The molecular weight excluding hydrogens is 234 g/mol. The van der Waals surface area contributed by atoms with Crippen LogP contribution in [0.15, 0.2) is 30.3 Å². The van der Waals surface area contributed by atoms with E-state index in [0.717, 1.165) is 5.69 Å². The van der Waals surface area contributed by atoms with Gasteiger partial charge in [0.1, 0.15) is 5.60 Å². The molecule has 17 heavy (non-hydrogen) atoms. The Hall–Kier alpha value is -1.62. The lowest BCUT2D eigenvalue weighted by atomic mass is 10.2. The minimum absolute atomic E-state index is 0.312. The average molecular weight is 249 g/mol. The van der Waals surface area contributed by atoms with Gasteiger partial charge in [0.2, 0.25) is 4.77 Å². The van der Waals surface area contributed by atoms with Crippen molar-refractivity contribution in [2.45, 2.75) is 26.4 Å². The van der Waals surface area contributed by atoms with E-state index in [0.29, 0.717) is 10.8 Å². The first-order valence-corrected chi connectivity index (χ1v) is 5.80. The molecule has 1 N–H and O–H groups in total. The van der Waals surface area contributed by atoms with E-state index < -0.39 is 0 Å². The zero-order valence-electron chi connectivity index (χ0n) is 10.1. The Bertz CT molecular complexity index is 551. The normalized spacial score (nSPS) is 11.5. The van der Waals surface area contributed by atoms with Crippen LogP contribution < -0.4 is 4.74 Å². The van der Waals surface area contributed by atoms with Crippen molar-refractivity contribution in [1.82, 2.24) is 14.8 Å². The third-order valence-corrected chi connectivity index (χ3v) is 2.33. The zero-order chi connectivity index (χ0) is 12.5. The molecule has 0 bridgehead atoms. The molecule has 0 atom stereocenters. The van der Waals surface area contributed by atoms with Crippen LogP contribution in [-0.4, -0.2) is 20.4 Å². The van der Waals surface area contributed by atoms with Crippen molar-refractivity contribution in [2.75, 3.05) is 0 Å². The summed E-state index contributed by atoms with van der Waals surface area (Å²) in [5.74, 6) is 0. The van der Waals surface area contributed by atoms with Gasteiger partial charge in [0.25, 0.3) is 0 Å². The van der Waals surface area contributed by atoms with Crippen LogP contribution in [0.1, 0.15) is 20.8 Å². The summed E-state index contributed by atoms with van der Waals surface area (Å²) in [6, 6.07) is 10.3. The largest absolute Gasteiger partial charge is 0.458 e. The first kappa shape index (κ1) is 11.9. The Morgan fingerprint density at radius 3 is 2.47 bits per heavy atom. The number of benzene rings is 1. The SMILES string of the molecule is CC(C)(C)Oc1n[nH]c(=S)n1-c1ccccc1. The van der Waals surface area contributed by atoms with Gasteiger partial charge >= 0.3 is 6.01 Å². The van der Waals surface area contributed by atoms with Crippen LogP contribution in [0.25, 0.3) is 5.69 Å². The number of H-pyrrole nitrogens is 1. The maximum Gasteiger partial charge on any atom is 0.321 e. The summed E-state index contributed by atoms with van der Waals surface area (Å²) in [7, 11) is 0. The fourth-order valence-electron chi connectivity index (χ4n) is 1.43. The van der Waals surface area contributed by atoms with Crippen molar-refractivity contribution >= 4 is 12.2 Å². The topological polar surface area (TPSA) is 42.8 Å². The van der Waals surface area contributed by atoms with Gasteiger partial charge in [-0.05, 0) is 45.1 Å². The molecule has 1 aromatic heterocycles. The Morgan fingerprint density at radius 1 is 1.24 bits per heavy atom. The Balaban J connectivity index is 2.48. The summed E-state index contributed by atoms with van der Waals surface area (Å²) in [6.45, 7) is 5.92. The number of rotatable bonds is 2. The first-order valence-electron chi connectivity index (χ1n) is 5.39. The highest BCUT2D eigenvalue weighted by atomic mass is 32.1. The van der Waals surface area contributed by atoms with E-state index in [2.05, 4.69) is 10.2 Å². The van der Waals surface area contributed by atoms with Crippen LogP contribution in [-0.2, 0) is 0 Å². The molecule has 0 aliphatic heterocycles. The van der Waals surface area contributed by atoms with E-state index in [9.17, 15) is 0 Å². The Labute approximate surface area is 105 Å². The third kappa shape index (κ3) is 2.74. The monoisotopic (exact) mass is 249 g/mol. The molecule has 0 unspecified atom stereocenters. The lowest BCUT2D eigenvalue weighted by molar-refractivity contribution is 0.114. The molecule has 4 nitrogen and oxygen atoms in total. The summed E-state index contributed by atoms with van der Waals surface area (Å²) in [6.07, 6.45) is 0. The van der Waals surface area contributed by atoms with Crippen molar-refractivity contribution in [2.24, 2.45) is 0 Å². The van der Waals surface area contributed by atoms with Gasteiger partial charge in [-0.1, -0.05) is 18.2 Å². The van der Waals surface area contributed by atoms with E-state index in [4.69, 9.17) is 17.0 Å². The van der Waals surface area contributed by atoms with Gasteiger partial charge < -0.3 is 4.74 Å². The van der Waals surface area contributed by atoms with Gasteiger partial charge in [-0.2, -0.15) is 0 Å². The number of nitrogens with zero attached hydrogens (tertiary/aromatic N) is 2. The van der Waals surface area contributed by atoms with Crippen LogP contribution >= 0.6 is 12.2 Å². The van der Waals surface area contributed by atoms with Crippen LogP contribution in [0.3, 0.4) is 0 Å². The van der Waals surface area contributed by atoms with Crippen LogP contribution in [0, 0.1) is 4.77 Å². The molecule has 0 saturated heterocycles. The van der Waals surface area contributed by atoms with Crippen molar-refractivity contribution in [3.05, 3.63) is 35.1 Å². The van der Waals surface area contributed by atoms with Gasteiger partial charge in [-0.3, -0.25) is 0 Å². The number of aromatic nitrogens is 3. The lowest BCUT2D eigenvalue weighted by Crippen LogP contribution is -2.24. The predicted molar refractivity (Wildman–Crippen MR) is 69.1 cm³/mol. The predicted octanol–water partition coefficient (Wildman–Crippen LogP) is 3.11. The molecule has 0 spiro atoms. The number of hydrogen-bond acceptors (Lipinski definition) is 3. The smallest absolute Gasteiger partial charge is 0.321 e. The number of para-hydroxylation sites is 1. The maximum absolute atomic E-state index is 5.76. The van der Waals surface area contributed by atoms with Gasteiger partial charge in [-0.15, -0.1) is 5.10 Å². The fraction of sp³-hybridized carbons (Fsp3) is 0.333. The van der Waals surface area contributed by atoms with Crippen LogP contribution in [0.5, 0.6) is 6.01 Å². The third-order valence-electron chi connectivity index (χ3n) is 2.05. The molecule has 2 aromatic rings. The highest BCUT2D eigenvalue weighted by molar-refractivity contribution is 7.71. The summed E-state index contributed by atoms with van der Waals surface area (Å²) < 4.78 is 8.06. The van der Waals surface area contributed by atoms with Gasteiger partial charge in [0, 0.05) is 0 Å². The van der Waals surface area contributed by atoms with Gasteiger partial charge in [0.05, 0.1) is 5.69 Å². The molecule has 0 radical (unpaired) electrons. The molecule has 0 saturated carbocycles. The van der Waals surface area contributed by atoms with E-state index in [1.54, 1.807) is 4.57 Å². The zero-order valence-corrected chi connectivity index (χ0v) is 10.9. The molecule has 0 aliphatic carbocycles. The lowest BCUT2D eigenvalue weighted by Gasteiger charge is -2.20. The van der Waals surface area contributed by atoms with Crippen molar-refractivity contribution < 1.29 is 4.74 Å². The molecule has 1 aromatic carbocycles. The molecule has 0 fully saturated rings. The molecule has 90 valence electrons. The second-order valence-electron chi connectivity index (χ2n) is 4.70. The minimum atomic E-state index is -0.312. The Morgan fingerprint density at radius 2 is 1.88 bits per heavy atom. The van der Waals surface area contributed by atoms with Crippen molar-refractivity contribution in [1.29, 1.82) is 0 Å². The second-order valence-corrected chi connectivity index (χ2v) is 5.08. The fourth-order valence-corrected chi connectivity index (χ4v) is 1.66. The van der Waals surface area contributed by atoms with Gasteiger partial charge in [-0.25, -0.2) is 9.67 Å². The molecule has 2 rings (SSSR count). The van der Waals surface area contributed by atoms with Crippen molar-refractivity contribution in [3.63, 3.8) is 0 Å². The molecule has 0 aliphatic rings. The standard InChI is InChI=1S/C12H15N3OS/c1-12(2,3)16-10-13-14-11(17)15(10)9-7-5-4-6-8-9/h4-8H,1-3H3,(H,14,17). The summed E-state index contributed by atoms with van der Waals surface area (Å²) >= 11 is 5.21. The number of ether oxygens (including phenoxy) is 1. The molecule has 0 amide bonds. The second kappa shape index (κ2) is 4.33. The minimum Gasteiger partial charge on any atom is -0.458 e. The van der Waals surface area contributed by atoms with Crippen LogP contribution in [0.2, 0.25) is 0 Å². The highest BCUT2D eigenvalue weighted by Crippen LogP contribution is 2.20. The van der Waals surface area contributed by atoms with E-state index in [1.807, 2.05) is 51.1 Å². The first-order chi connectivity index (χ1) is 7.97. The molecular formula is C12H15N3OS. The number of nitrogens with one attached hydrogen (secondary N) is 1. The summed E-state index contributed by atoms with van der Waals surface area (Å²) in [4.78, 5) is 0. The average Bonchev–Trinajstić information content (AvgIpc) is 2.58. The molecule has 1 heterocycles. The maximum atomic E-state index is 5.76. The number of aromatic amines is 1. The Kier molecular flexibility index (Phi) is 3.02. The highest BCUT2D eigenvalue weighted by Gasteiger charge is 2.17. The summed E-state index contributed by atoms with van der Waals surface area (Å²) in [5.41, 5.74) is 0.624. The quantitative estimate of drug-likeness (QED) is 0.832. The van der Waals surface area contributed by atoms with Gasteiger partial charge in [0.15, 0.2) is 0 Å². The molecule has 5 heteroatoms. The van der Waals surface area contributed by atoms with E-state index in [1.165, 1.54) is 0 Å². The van der Waals surface area contributed by atoms with E-state index in [-0.39, 0.29) is 5.60 Å². The number of hydrogen-bond donors (Lipinski definition) is 1. The summed E-state index contributed by atoms with van der Waals surface area (Å²) in [5, 5.41) is 6.85. The van der Waals surface area contributed by atoms with E-state index >= 15 is 0 Å². The van der Waals surface area contributed by atoms with Crippen molar-refractivity contribution in [3.8, 4) is 11.7 Å².